The summed E-state index contributed by atoms with van der Waals surface area (Å²) in [6.45, 7) is 17.1. The Morgan fingerprint density at radius 2 is 1.79 bits per heavy atom. The van der Waals surface area contributed by atoms with Gasteiger partial charge in [-0.15, -0.1) is 0 Å². The van der Waals surface area contributed by atoms with E-state index in [9.17, 15) is 0 Å². The Morgan fingerprint density at radius 1 is 1.07 bits per heavy atom. The van der Waals surface area contributed by atoms with Gasteiger partial charge in [0.1, 0.15) is 0 Å². The van der Waals surface area contributed by atoms with Crippen molar-refractivity contribution in [1.29, 1.82) is 0 Å². The van der Waals surface area contributed by atoms with Gasteiger partial charge in [-0.3, -0.25) is 9.80 Å². The van der Waals surface area contributed by atoms with Crippen LogP contribution in [-0.4, -0.2) is 47.1 Å². The van der Waals surface area contributed by atoms with E-state index in [2.05, 4.69) is 92.7 Å². The van der Waals surface area contributed by atoms with Crippen LogP contribution in [0, 0.1) is 0 Å². The molecule has 4 heteroatoms. The lowest BCUT2D eigenvalue weighted by atomic mass is 9.88. The highest BCUT2D eigenvalue weighted by Gasteiger charge is 2.37. The molecule has 1 fully saturated rings. The molecule has 0 amide bonds. The average molecular weight is 396 g/mol. The second kappa shape index (κ2) is 8.85. The summed E-state index contributed by atoms with van der Waals surface area (Å²) in [6.07, 6.45) is 1.85. The highest BCUT2D eigenvalue weighted by Crippen LogP contribution is 2.38. The van der Waals surface area contributed by atoms with Crippen molar-refractivity contribution in [3.63, 3.8) is 0 Å². The maximum atomic E-state index is 5.35. The van der Waals surface area contributed by atoms with Crippen molar-refractivity contribution in [3.8, 4) is 5.88 Å². The minimum absolute atomic E-state index is 0.129. The second-order valence-electron chi connectivity index (χ2n) is 9.47. The number of benzene rings is 1. The molecular weight excluding hydrogens is 358 g/mol. The van der Waals surface area contributed by atoms with E-state index >= 15 is 0 Å². The van der Waals surface area contributed by atoms with Crippen LogP contribution in [0.15, 0.2) is 42.6 Å². The fraction of sp³-hybridized carbons (Fsp3) is 0.560. The summed E-state index contributed by atoms with van der Waals surface area (Å²) in [5.74, 6) is 1.20. The van der Waals surface area contributed by atoms with Crippen LogP contribution >= 0.6 is 0 Å². The number of nitrogens with zero attached hydrogens (tertiary/aromatic N) is 3. The molecule has 2 unspecified atom stereocenters. The molecule has 1 aromatic heterocycles. The zero-order valence-corrected chi connectivity index (χ0v) is 19.1. The molecule has 1 saturated heterocycles. The van der Waals surface area contributed by atoms with Gasteiger partial charge < -0.3 is 4.74 Å². The molecule has 0 aliphatic carbocycles. The summed E-state index contributed by atoms with van der Waals surface area (Å²) in [5.41, 5.74) is 4.33. The van der Waals surface area contributed by atoms with Gasteiger partial charge in [-0.1, -0.05) is 38.1 Å². The first-order valence-corrected chi connectivity index (χ1v) is 10.8. The van der Waals surface area contributed by atoms with Gasteiger partial charge in [0.2, 0.25) is 5.88 Å². The molecule has 0 spiro atoms. The van der Waals surface area contributed by atoms with Gasteiger partial charge in [0.25, 0.3) is 0 Å². The van der Waals surface area contributed by atoms with Gasteiger partial charge >= 0.3 is 0 Å². The van der Waals surface area contributed by atoms with E-state index in [1.165, 1.54) is 16.7 Å². The van der Waals surface area contributed by atoms with Gasteiger partial charge in [0.05, 0.1) is 7.11 Å². The predicted molar refractivity (Wildman–Crippen MR) is 121 cm³/mol. The quantitative estimate of drug-likeness (QED) is 0.675. The predicted octanol–water partition coefficient (Wildman–Crippen LogP) is 5.43. The molecular formula is C25H37N3O. The fourth-order valence-corrected chi connectivity index (χ4v) is 4.57. The van der Waals surface area contributed by atoms with Crippen LogP contribution < -0.4 is 4.74 Å². The summed E-state index contributed by atoms with van der Waals surface area (Å²) in [5, 5.41) is 0. The van der Waals surface area contributed by atoms with Crippen molar-refractivity contribution in [3.05, 3.63) is 59.3 Å². The first kappa shape index (κ1) is 21.8. The first-order valence-electron chi connectivity index (χ1n) is 10.8. The molecule has 0 saturated carbocycles. The number of ether oxygens (including phenoxy) is 1. The van der Waals surface area contributed by atoms with Crippen molar-refractivity contribution >= 4 is 0 Å². The lowest BCUT2D eigenvalue weighted by molar-refractivity contribution is -0.00525. The van der Waals surface area contributed by atoms with Crippen molar-refractivity contribution in [2.24, 2.45) is 0 Å². The number of hydrogen-bond acceptors (Lipinski definition) is 4. The lowest BCUT2D eigenvalue weighted by Crippen LogP contribution is -2.55. The van der Waals surface area contributed by atoms with Crippen LogP contribution in [0.2, 0.25) is 0 Å². The Labute approximate surface area is 176 Å². The van der Waals surface area contributed by atoms with Crippen molar-refractivity contribution in [2.45, 2.75) is 65.1 Å². The Kier molecular flexibility index (Phi) is 6.65. The number of hydrogen-bond donors (Lipinski definition) is 0. The van der Waals surface area contributed by atoms with Crippen LogP contribution in [0.3, 0.4) is 0 Å². The molecule has 29 heavy (non-hydrogen) atoms. The third-order valence-corrected chi connectivity index (χ3v) is 6.25. The van der Waals surface area contributed by atoms with E-state index in [0.29, 0.717) is 23.9 Å². The number of methoxy groups -OCH3 is 1. The van der Waals surface area contributed by atoms with E-state index in [1.807, 2.05) is 6.20 Å². The topological polar surface area (TPSA) is 28.6 Å². The zero-order valence-electron chi connectivity index (χ0n) is 19.1. The van der Waals surface area contributed by atoms with Crippen LogP contribution in [0.5, 0.6) is 5.88 Å². The largest absolute Gasteiger partial charge is 0.481 e. The van der Waals surface area contributed by atoms with E-state index in [-0.39, 0.29) is 5.54 Å². The molecule has 2 aromatic rings. The average Bonchev–Trinajstić information content (AvgIpc) is 2.72. The SMILES string of the molecule is COc1cc(C(C)N2CCN(C(C)(C)C)C(c3ccccc3C(C)C)C2)ccn1. The van der Waals surface area contributed by atoms with Gasteiger partial charge in [0.15, 0.2) is 0 Å². The Bertz CT molecular complexity index is 812. The summed E-state index contributed by atoms with van der Waals surface area (Å²) in [6, 6.07) is 13.9. The molecule has 1 aromatic carbocycles. The standard InChI is InChI=1S/C25H37N3O/c1-18(2)21-10-8-9-11-22(21)23-17-27(14-15-28(23)25(4,5)6)19(3)20-12-13-26-24(16-20)29-7/h8-13,16,18-19,23H,14-15,17H2,1-7H3. The minimum Gasteiger partial charge on any atom is -0.481 e. The van der Waals surface area contributed by atoms with Gasteiger partial charge in [-0.25, -0.2) is 4.98 Å². The van der Waals surface area contributed by atoms with Crippen molar-refractivity contribution in [1.82, 2.24) is 14.8 Å². The minimum atomic E-state index is 0.129. The molecule has 0 bridgehead atoms. The Morgan fingerprint density at radius 3 is 2.45 bits per heavy atom. The second-order valence-corrected chi connectivity index (χ2v) is 9.47. The maximum Gasteiger partial charge on any atom is 0.213 e. The number of pyridine rings is 1. The lowest BCUT2D eigenvalue weighted by Gasteiger charge is -2.50. The molecule has 1 aliphatic rings. The molecule has 4 nitrogen and oxygen atoms in total. The maximum absolute atomic E-state index is 5.35. The molecule has 3 rings (SSSR count). The van der Waals surface area contributed by atoms with Gasteiger partial charge in [-0.05, 0) is 56.4 Å². The normalized spacial score (nSPS) is 20.1. The van der Waals surface area contributed by atoms with E-state index in [4.69, 9.17) is 4.74 Å². The number of aromatic nitrogens is 1. The Balaban J connectivity index is 1.93. The fourth-order valence-electron chi connectivity index (χ4n) is 4.57. The monoisotopic (exact) mass is 395 g/mol. The number of piperazine rings is 1. The van der Waals surface area contributed by atoms with Gasteiger partial charge in [-0.2, -0.15) is 0 Å². The molecule has 1 aliphatic heterocycles. The van der Waals surface area contributed by atoms with Crippen LogP contribution in [0.25, 0.3) is 0 Å². The highest BCUT2D eigenvalue weighted by atomic mass is 16.5. The summed E-state index contributed by atoms with van der Waals surface area (Å²) in [4.78, 5) is 9.57. The summed E-state index contributed by atoms with van der Waals surface area (Å²) >= 11 is 0. The van der Waals surface area contributed by atoms with E-state index in [1.54, 1.807) is 7.11 Å². The highest BCUT2D eigenvalue weighted by molar-refractivity contribution is 5.34. The Hall–Kier alpha value is -1.91. The third kappa shape index (κ3) is 4.81. The third-order valence-electron chi connectivity index (χ3n) is 6.25. The summed E-state index contributed by atoms with van der Waals surface area (Å²) in [7, 11) is 1.68. The molecule has 2 heterocycles. The van der Waals surface area contributed by atoms with Crippen molar-refractivity contribution in [2.75, 3.05) is 26.7 Å². The molecule has 158 valence electrons. The van der Waals surface area contributed by atoms with Crippen LogP contribution in [0.1, 0.15) is 76.2 Å². The summed E-state index contributed by atoms with van der Waals surface area (Å²) < 4.78 is 5.35. The van der Waals surface area contributed by atoms with Gasteiger partial charge in [0, 0.05) is 49.5 Å². The van der Waals surface area contributed by atoms with E-state index < -0.39 is 0 Å². The first-order chi connectivity index (χ1) is 13.7. The van der Waals surface area contributed by atoms with Crippen LogP contribution in [0.4, 0.5) is 0 Å². The zero-order chi connectivity index (χ0) is 21.2. The van der Waals surface area contributed by atoms with E-state index in [0.717, 1.165) is 19.6 Å². The molecule has 2 atom stereocenters. The molecule has 0 N–H and O–H groups in total. The van der Waals surface area contributed by atoms with Crippen molar-refractivity contribution < 1.29 is 4.74 Å². The molecule has 0 radical (unpaired) electrons. The number of rotatable bonds is 5. The smallest absolute Gasteiger partial charge is 0.213 e. The van der Waals surface area contributed by atoms with Crippen LogP contribution in [-0.2, 0) is 0 Å².